The molecular formula is C8H16N2O. The Morgan fingerprint density at radius 2 is 2.36 bits per heavy atom. The molecule has 0 aromatic carbocycles. The number of rotatable bonds is 4. The maximum Gasteiger partial charge on any atom is 0.115 e. The van der Waals surface area contributed by atoms with Gasteiger partial charge in [0.25, 0.3) is 0 Å². The molecule has 0 aliphatic heterocycles. The average Bonchev–Trinajstić information content (AvgIpc) is 2.00. The lowest BCUT2D eigenvalue weighted by atomic mass is 10.1. The summed E-state index contributed by atoms with van der Waals surface area (Å²) in [6, 6.07) is 0. The summed E-state index contributed by atoms with van der Waals surface area (Å²) in [6.45, 7) is 7.42. The largest absolute Gasteiger partial charge is 0.384 e. The highest BCUT2D eigenvalue weighted by Gasteiger charge is 2.17. The lowest BCUT2D eigenvalue weighted by Crippen LogP contribution is -2.28. The van der Waals surface area contributed by atoms with Crippen LogP contribution in [0.5, 0.6) is 0 Å². The summed E-state index contributed by atoms with van der Waals surface area (Å²) in [5.74, 6) is 0.307. The molecule has 0 amide bonds. The number of nitrogens with zero attached hydrogens (tertiary/aromatic N) is 1. The number of methoxy groups -OCH3 is 1. The fourth-order valence-corrected chi connectivity index (χ4v) is 0.508. The van der Waals surface area contributed by atoms with Gasteiger partial charge in [0.1, 0.15) is 5.82 Å². The molecule has 3 nitrogen and oxygen atoms in total. The van der Waals surface area contributed by atoms with Crippen molar-refractivity contribution in [3.8, 4) is 0 Å². The van der Waals surface area contributed by atoms with Crippen molar-refractivity contribution in [1.82, 2.24) is 0 Å². The predicted molar refractivity (Wildman–Crippen MR) is 47.5 cm³/mol. The normalized spacial score (nSPS) is 16.6. The van der Waals surface area contributed by atoms with Crippen molar-refractivity contribution in [3.63, 3.8) is 0 Å². The zero-order valence-corrected chi connectivity index (χ0v) is 7.42. The van der Waals surface area contributed by atoms with Crippen LogP contribution in [0.3, 0.4) is 0 Å². The van der Waals surface area contributed by atoms with Crippen LogP contribution in [0, 0.1) is 0 Å². The van der Waals surface area contributed by atoms with E-state index in [0.29, 0.717) is 5.82 Å². The minimum absolute atomic E-state index is 0.307. The third kappa shape index (κ3) is 3.78. The minimum atomic E-state index is -0.317. The maximum atomic E-state index is 5.26. The molecule has 0 heterocycles. The van der Waals surface area contributed by atoms with E-state index >= 15 is 0 Å². The second-order valence-electron chi connectivity index (χ2n) is 2.62. The van der Waals surface area contributed by atoms with Crippen LogP contribution in [-0.2, 0) is 4.74 Å². The Labute approximate surface area is 68.0 Å². The van der Waals surface area contributed by atoms with Crippen molar-refractivity contribution < 1.29 is 4.74 Å². The second kappa shape index (κ2) is 4.13. The molecule has 0 saturated heterocycles. The summed E-state index contributed by atoms with van der Waals surface area (Å²) in [4.78, 5) is 3.87. The highest BCUT2D eigenvalue weighted by molar-refractivity contribution is 5.68. The van der Waals surface area contributed by atoms with Gasteiger partial charge in [0.2, 0.25) is 0 Å². The van der Waals surface area contributed by atoms with Crippen molar-refractivity contribution >= 4 is 6.21 Å². The summed E-state index contributed by atoms with van der Waals surface area (Å²) in [7, 11) is 1.65. The molecular weight excluding hydrogens is 140 g/mol. The molecule has 1 atom stereocenters. The van der Waals surface area contributed by atoms with E-state index in [-0.39, 0.29) is 5.60 Å². The number of ether oxygens (including phenoxy) is 1. The van der Waals surface area contributed by atoms with E-state index in [0.717, 1.165) is 6.42 Å². The molecule has 0 spiro atoms. The van der Waals surface area contributed by atoms with E-state index in [4.69, 9.17) is 10.5 Å². The van der Waals surface area contributed by atoms with Crippen LogP contribution < -0.4 is 5.73 Å². The van der Waals surface area contributed by atoms with Crippen LogP contribution in [0.15, 0.2) is 17.4 Å². The molecule has 0 radical (unpaired) electrons. The monoisotopic (exact) mass is 156 g/mol. The SMILES string of the molecule is C=C(N)N=CC(C)(CC)OC. The van der Waals surface area contributed by atoms with Crippen molar-refractivity contribution in [1.29, 1.82) is 0 Å². The molecule has 3 heteroatoms. The Bertz CT molecular complexity index is 159. The Morgan fingerprint density at radius 1 is 1.82 bits per heavy atom. The highest BCUT2D eigenvalue weighted by Crippen LogP contribution is 2.10. The second-order valence-corrected chi connectivity index (χ2v) is 2.62. The molecule has 2 N–H and O–H groups in total. The first kappa shape index (κ1) is 10.2. The van der Waals surface area contributed by atoms with E-state index in [2.05, 4.69) is 11.6 Å². The van der Waals surface area contributed by atoms with E-state index < -0.39 is 0 Å². The minimum Gasteiger partial charge on any atom is -0.384 e. The van der Waals surface area contributed by atoms with Gasteiger partial charge >= 0.3 is 0 Å². The van der Waals surface area contributed by atoms with E-state index in [1.807, 2.05) is 13.8 Å². The zero-order chi connectivity index (χ0) is 8.91. The maximum absolute atomic E-state index is 5.26. The van der Waals surface area contributed by atoms with Gasteiger partial charge in [0, 0.05) is 13.3 Å². The fraction of sp³-hybridized carbons (Fsp3) is 0.625. The van der Waals surface area contributed by atoms with E-state index in [1.54, 1.807) is 13.3 Å². The van der Waals surface area contributed by atoms with Crippen LogP contribution in [0.25, 0.3) is 0 Å². The Morgan fingerprint density at radius 3 is 2.64 bits per heavy atom. The van der Waals surface area contributed by atoms with Gasteiger partial charge in [-0.15, -0.1) is 0 Å². The van der Waals surface area contributed by atoms with Gasteiger partial charge in [-0.05, 0) is 13.3 Å². The van der Waals surface area contributed by atoms with Gasteiger partial charge in [0.15, 0.2) is 0 Å². The first-order valence-electron chi connectivity index (χ1n) is 3.59. The van der Waals surface area contributed by atoms with Crippen molar-refractivity contribution in [2.24, 2.45) is 10.7 Å². The van der Waals surface area contributed by atoms with Crippen LogP contribution >= 0.6 is 0 Å². The quantitative estimate of drug-likeness (QED) is 0.624. The molecule has 0 saturated carbocycles. The third-order valence-corrected chi connectivity index (χ3v) is 1.67. The number of hydrogen-bond donors (Lipinski definition) is 1. The standard InChI is InChI=1S/C8H16N2O/c1-5-8(3,11-4)6-10-7(2)9/h6H,2,5,9H2,1,3-4H3. The van der Waals surface area contributed by atoms with Crippen LogP contribution in [0.2, 0.25) is 0 Å². The smallest absolute Gasteiger partial charge is 0.115 e. The van der Waals surface area contributed by atoms with Gasteiger partial charge in [-0.3, -0.25) is 0 Å². The fourth-order valence-electron chi connectivity index (χ4n) is 0.508. The van der Waals surface area contributed by atoms with Crippen LogP contribution in [-0.4, -0.2) is 18.9 Å². The molecule has 0 aliphatic carbocycles. The number of nitrogens with two attached hydrogens (primary N) is 1. The summed E-state index contributed by atoms with van der Waals surface area (Å²) >= 11 is 0. The summed E-state index contributed by atoms with van der Waals surface area (Å²) in [6.07, 6.45) is 2.54. The number of hydrogen-bond acceptors (Lipinski definition) is 3. The Balaban J connectivity index is 4.17. The molecule has 0 aromatic rings. The Hall–Kier alpha value is -0.830. The van der Waals surface area contributed by atoms with Gasteiger partial charge in [0.05, 0.1) is 5.60 Å². The van der Waals surface area contributed by atoms with E-state index in [1.165, 1.54) is 0 Å². The van der Waals surface area contributed by atoms with Crippen LogP contribution in [0.4, 0.5) is 0 Å². The molecule has 0 fully saturated rings. The molecule has 0 bridgehead atoms. The third-order valence-electron chi connectivity index (χ3n) is 1.67. The topological polar surface area (TPSA) is 47.6 Å². The summed E-state index contributed by atoms with van der Waals surface area (Å²) in [5.41, 5.74) is 4.94. The van der Waals surface area contributed by atoms with Crippen molar-refractivity contribution in [3.05, 3.63) is 12.4 Å². The molecule has 0 rings (SSSR count). The molecule has 0 aliphatic rings. The van der Waals surface area contributed by atoms with Gasteiger partial charge in [-0.1, -0.05) is 13.5 Å². The Kier molecular flexibility index (Phi) is 3.82. The molecule has 0 aromatic heterocycles. The van der Waals surface area contributed by atoms with E-state index in [9.17, 15) is 0 Å². The van der Waals surface area contributed by atoms with Crippen molar-refractivity contribution in [2.75, 3.05) is 7.11 Å². The molecule has 11 heavy (non-hydrogen) atoms. The van der Waals surface area contributed by atoms with Gasteiger partial charge < -0.3 is 10.5 Å². The van der Waals surface area contributed by atoms with Gasteiger partial charge in [-0.25, -0.2) is 4.99 Å². The summed E-state index contributed by atoms with van der Waals surface area (Å²) in [5, 5.41) is 0. The predicted octanol–water partition coefficient (Wildman–Crippen LogP) is 1.30. The molecule has 64 valence electrons. The first-order valence-corrected chi connectivity index (χ1v) is 3.59. The summed E-state index contributed by atoms with van der Waals surface area (Å²) < 4.78 is 5.19. The zero-order valence-electron chi connectivity index (χ0n) is 7.42. The lowest BCUT2D eigenvalue weighted by molar-refractivity contribution is 0.0674. The number of aliphatic imine (C=N–C) groups is 1. The average molecular weight is 156 g/mol. The van der Waals surface area contributed by atoms with Crippen LogP contribution in [0.1, 0.15) is 20.3 Å². The molecule has 1 unspecified atom stereocenters. The van der Waals surface area contributed by atoms with Gasteiger partial charge in [-0.2, -0.15) is 0 Å². The lowest BCUT2D eigenvalue weighted by Gasteiger charge is -2.20. The highest BCUT2D eigenvalue weighted by atomic mass is 16.5. The van der Waals surface area contributed by atoms with Crippen molar-refractivity contribution in [2.45, 2.75) is 25.9 Å². The first-order chi connectivity index (χ1) is 5.04.